The van der Waals surface area contributed by atoms with Crippen LogP contribution in [0.4, 0.5) is 16.2 Å². The van der Waals surface area contributed by atoms with Crippen molar-refractivity contribution in [3.8, 4) is 11.1 Å². The summed E-state index contributed by atoms with van der Waals surface area (Å²) in [4.78, 5) is 15.5. The van der Waals surface area contributed by atoms with Crippen molar-refractivity contribution < 1.29 is 9.53 Å². The predicted octanol–water partition coefficient (Wildman–Crippen LogP) is 7.59. The zero-order valence-electron chi connectivity index (χ0n) is 22.8. The quantitative estimate of drug-likeness (QED) is 0.293. The molecule has 2 amide bonds. The van der Waals surface area contributed by atoms with Gasteiger partial charge in [-0.25, -0.2) is 4.79 Å². The van der Waals surface area contributed by atoms with E-state index >= 15 is 0 Å². The molecular weight excluding hydrogens is 470 g/mol. The molecule has 1 fully saturated rings. The van der Waals surface area contributed by atoms with Crippen LogP contribution in [0.2, 0.25) is 0 Å². The molecule has 0 unspecified atom stereocenters. The molecule has 1 aliphatic rings. The average Bonchev–Trinajstić information content (AvgIpc) is 2.91. The maximum atomic E-state index is 13.1. The van der Waals surface area contributed by atoms with Crippen LogP contribution in [0.3, 0.4) is 0 Å². The van der Waals surface area contributed by atoms with Crippen LogP contribution in [0, 0.1) is 6.92 Å². The second-order valence-electron chi connectivity index (χ2n) is 11.2. The zero-order chi connectivity index (χ0) is 26.7. The third-order valence-electron chi connectivity index (χ3n) is 7.30. The van der Waals surface area contributed by atoms with Crippen molar-refractivity contribution in [2.45, 2.75) is 39.7 Å². The fourth-order valence-electron chi connectivity index (χ4n) is 4.97. The summed E-state index contributed by atoms with van der Waals surface area (Å²) in [6.07, 6.45) is 0. The van der Waals surface area contributed by atoms with Crippen molar-refractivity contribution in [2.24, 2.45) is 0 Å². The fraction of sp³-hybridized carbons (Fsp3) is 0.303. The van der Waals surface area contributed by atoms with E-state index in [1.807, 2.05) is 25.1 Å². The molecule has 1 saturated heterocycles. The lowest BCUT2D eigenvalue weighted by molar-refractivity contribution is 0.0342. The lowest BCUT2D eigenvalue weighted by Gasteiger charge is -2.26. The average molecular weight is 508 g/mol. The van der Waals surface area contributed by atoms with E-state index in [0.717, 1.165) is 71.7 Å². The summed E-state index contributed by atoms with van der Waals surface area (Å²) in [5.74, 6) is 0. The molecule has 0 aliphatic carbocycles. The minimum absolute atomic E-state index is 0.00729. The Morgan fingerprint density at radius 1 is 0.842 bits per heavy atom. The number of ether oxygens (including phenoxy) is 1. The highest BCUT2D eigenvalue weighted by Gasteiger charge is 2.17. The second kappa shape index (κ2) is 11.0. The van der Waals surface area contributed by atoms with Crippen molar-refractivity contribution in [3.63, 3.8) is 0 Å². The van der Waals surface area contributed by atoms with Gasteiger partial charge in [0.05, 0.1) is 18.9 Å². The highest BCUT2D eigenvalue weighted by Crippen LogP contribution is 2.34. The Morgan fingerprint density at radius 2 is 1.53 bits per heavy atom. The van der Waals surface area contributed by atoms with Crippen LogP contribution in [-0.4, -0.2) is 37.2 Å². The van der Waals surface area contributed by atoms with E-state index in [1.165, 1.54) is 11.1 Å². The minimum Gasteiger partial charge on any atom is -0.379 e. The number of amides is 2. The van der Waals surface area contributed by atoms with Gasteiger partial charge in [-0.3, -0.25) is 4.90 Å². The standard InChI is InChI=1S/C33H37N3O2/c1-23-9-14-26(33(2,3)4)21-31(23)35-32(37)34-30-16-15-27(28-7-5-6-8-29(28)30)25-12-10-24(11-13-25)22-36-17-19-38-20-18-36/h5-16,21H,17-20,22H2,1-4H3,(H2,34,35,37). The van der Waals surface area contributed by atoms with E-state index in [4.69, 9.17) is 4.74 Å². The number of carbonyl (C=O) groups is 1. The number of hydrogen-bond donors (Lipinski definition) is 2. The Hall–Kier alpha value is -3.67. The first kappa shape index (κ1) is 26.0. The summed E-state index contributed by atoms with van der Waals surface area (Å²) in [7, 11) is 0. The Kier molecular flexibility index (Phi) is 7.50. The van der Waals surface area contributed by atoms with Crippen LogP contribution in [0.5, 0.6) is 0 Å². The first-order chi connectivity index (χ1) is 18.3. The number of benzene rings is 4. The van der Waals surface area contributed by atoms with Gasteiger partial charge in [0.1, 0.15) is 0 Å². The maximum Gasteiger partial charge on any atom is 0.323 e. The van der Waals surface area contributed by atoms with Crippen LogP contribution in [-0.2, 0) is 16.7 Å². The number of carbonyl (C=O) groups excluding carboxylic acids is 1. The Morgan fingerprint density at radius 3 is 2.24 bits per heavy atom. The molecule has 1 heterocycles. The number of nitrogens with one attached hydrogen (secondary N) is 2. The molecule has 38 heavy (non-hydrogen) atoms. The van der Waals surface area contributed by atoms with Gasteiger partial charge >= 0.3 is 6.03 Å². The van der Waals surface area contributed by atoms with Gasteiger partial charge in [-0.15, -0.1) is 0 Å². The van der Waals surface area contributed by atoms with Gasteiger partial charge in [-0.05, 0) is 57.7 Å². The van der Waals surface area contributed by atoms with Crippen molar-refractivity contribution in [3.05, 3.63) is 95.6 Å². The van der Waals surface area contributed by atoms with Gasteiger partial charge in [0, 0.05) is 30.7 Å². The molecule has 0 radical (unpaired) electrons. The summed E-state index contributed by atoms with van der Waals surface area (Å²) in [6.45, 7) is 13.1. The fourth-order valence-corrected chi connectivity index (χ4v) is 4.97. The molecule has 5 heteroatoms. The molecule has 0 aromatic heterocycles. The van der Waals surface area contributed by atoms with E-state index in [-0.39, 0.29) is 11.4 Å². The Labute approximate surface area is 225 Å². The summed E-state index contributed by atoms with van der Waals surface area (Å²) in [5.41, 5.74) is 7.46. The first-order valence-electron chi connectivity index (χ1n) is 13.4. The number of anilines is 2. The van der Waals surface area contributed by atoms with Crippen LogP contribution >= 0.6 is 0 Å². The molecule has 5 nitrogen and oxygen atoms in total. The number of nitrogens with zero attached hydrogens (tertiary/aromatic N) is 1. The van der Waals surface area contributed by atoms with E-state index in [9.17, 15) is 4.79 Å². The van der Waals surface area contributed by atoms with E-state index in [0.29, 0.717) is 0 Å². The highest BCUT2D eigenvalue weighted by molar-refractivity contribution is 6.09. The molecule has 5 rings (SSSR count). The monoisotopic (exact) mass is 507 g/mol. The summed E-state index contributed by atoms with van der Waals surface area (Å²) >= 11 is 0. The number of hydrogen-bond acceptors (Lipinski definition) is 3. The Bertz CT molecular complexity index is 1430. The van der Waals surface area contributed by atoms with Gasteiger partial charge in [0.2, 0.25) is 0 Å². The second-order valence-corrected chi connectivity index (χ2v) is 11.2. The SMILES string of the molecule is Cc1ccc(C(C)(C)C)cc1NC(=O)Nc1ccc(-c2ccc(CN3CCOCC3)cc2)c2ccccc12. The van der Waals surface area contributed by atoms with Crippen LogP contribution in [0.1, 0.15) is 37.5 Å². The normalized spacial score (nSPS) is 14.4. The van der Waals surface area contributed by atoms with Crippen molar-refractivity contribution in [1.82, 2.24) is 4.90 Å². The van der Waals surface area contributed by atoms with E-state index in [2.05, 4.69) is 97.0 Å². The number of rotatable bonds is 5. The molecule has 0 bridgehead atoms. The maximum absolute atomic E-state index is 13.1. The third-order valence-corrected chi connectivity index (χ3v) is 7.30. The number of urea groups is 1. The minimum atomic E-state index is -0.246. The topological polar surface area (TPSA) is 53.6 Å². The molecule has 2 N–H and O–H groups in total. The summed E-state index contributed by atoms with van der Waals surface area (Å²) in [6, 6.07) is 27.2. The van der Waals surface area contributed by atoms with Gasteiger partial charge in [-0.1, -0.05) is 87.5 Å². The van der Waals surface area contributed by atoms with Crippen LogP contribution < -0.4 is 10.6 Å². The van der Waals surface area contributed by atoms with Gasteiger partial charge in [0.15, 0.2) is 0 Å². The molecule has 4 aromatic carbocycles. The molecule has 0 atom stereocenters. The summed E-state index contributed by atoms with van der Waals surface area (Å²) in [5, 5.41) is 8.27. The lowest BCUT2D eigenvalue weighted by atomic mass is 9.86. The lowest BCUT2D eigenvalue weighted by Crippen LogP contribution is -2.35. The van der Waals surface area contributed by atoms with Crippen LogP contribution in [0.25, 0.3) is 21.9 Å². The van der Waals surface area contributed by atoms with E-state index < -0.39 is 0 Å². The van der Waals surface area contributed by atoms with Crippen LogP contribution in [0.15, 0.2) is 78.9 Å². The molecule has 0 spiro atoms. The number of fused-ring (bicyclic) bond motifs is 1. The van der Waals surface area contributed by atoms with E-state index in [1.54, 1.807) is 0 Å². The summed E-state index contributed by atoms with van der Waals surface area (Å²) < 4.78 is 5.47. The largest absolute Gasteiger partial charge is 0.379 e. The number of aryl methyl sites for hydroxylation is 1. The molecule has 4 aromatic rings. The third kappa shape index (κ3) is 5.90. The highest BCUT2D eigenvalue weighted by atomic mass is 16.5. The van der Waals surface area contributed by atoms with Gasteiger partial charge < -0.3 is 15.4 Å². The zero-order valence-corrected chi connectivity index (χ0v) is 22.8. The molecule has 0 saturated carbocycles. The predicted molar refractivity (Wildman–Crippen MR) is 158 cm³/mol. The van der Waals surface area contributed by atoms with Gasteiger partial charge in [-0.2, -0.15) is 0 Å². The Balaban J connectivity index is 1.36. The molecule has 196 valence electrons. The van der Waals surface area contributed by atoms with Crippen molar-refractivity contribution >= 4 is 28.2 Å². The van der Waals surface area contributed by atoms with Crippen molar-refractivity contribution in [2.75, 3.05) is 36.9 Å². The first-order valence-corrected chi connectivity index (χ1v) is 13.4. The molecule has 1 aliphatic heterocycles. The number of morpholine rings is 1. The van der Waals surface area contributed by atoms with Gasteiger partial charge in [0.25, 0.3) is 0 Å². The molecular formula is C33H37N3O2. The smallest absolute Gasteiger partial charge is 0.323 e. The van der Waals surface area contributed by atoms with Crippen molar-refractivity contribution in [1.29, 1.82) is 0 Å².